The van der Waals surface area contributed by atoms with Gasteiger partial charge in [-0.1, -0.05) is 0 Å². The van der Waals surface area contributed by atoms with Crippen LogP contribution in [0, 0.1) is 0 Å². The van der Waals surface area contributed by atoms with Crippen molar-refractivity contribution in [2.45, 2.75) is 73.1 Å². The second kappa shape index (κ2) is 8.55. The van der Waals surface area contributed by atoms with Crippen LogP contribution in [0.25, 0.3) is 0 Å². The molecule has 4 heteroatoms. The molecule has 100 valence electrons. The number of nitrogens with zero attached hydrogens (tertiary/aromatic N) is 2. The van der Waals surface area contributed by atoms with Crippen molar-refractivity contribution in [3.8, 4) is 0 Å². The summed E-state index contributed by atoms with van der Waals surface area (Å²) in [6.07, 6.45) is 0. The van der Waals surface area contributed by atoms with E-state index in [4.69, 9.17) is 7.90 Å². The van der Waals surface area contributed by atoms with E-state index >= 15 is 0 Å². The van der Waals surface area contributed by atoms with Gasteiger partial charge < -0.3 is 0 Å². The minimum absolute atomic E-state index is 1.28. The molecule has 0 radical (unpaired) electrons. The first-order valence-electron chi connectivity index (χ1n) is 7.26. The summed E-state index contributed by atoms with van der Waals surface area (Å²) in [5, 5.41) is 7.67. The quantitative estimate of drug-likeness (QED) is 0.422. The molecule has 0 aliphatic rings. The van der Waals surface area contributed by atoms with E-state index < -0.39 is 27.0 Å². The molecule has 17 heavy (non-hydrogen) atoms. The summed E-state index contributed by atoms with van der Waals surface area (Å²) in [7, 11) is 0. The van der Waals surface area contributed by atoms with Crippen LogP contribution in [-0.2, 0) is 0 Å². The van der Waals surface area contributed by atoms with Crippen LogP contribution in [-0.4, -0.2) is 33.0 Å². The molecule has 0 saturated heterocycles. The monoisotopic (exact) mass is 362 g/mol. The predicted octanol–water partition coefficient (Wildman–Crippen LogP) is 5.17. The Balaban J connectivity index is 5.00. The van der Waals surface area contributed by atoms with Crippen LogP contribution in [0.3, 0.4) is 0 Å². The van der Waals surface area contributed by atoms with Crippen LogP contribution in [0.4, 0.5) is 0 Å². The summed E-state index contributed by atoms with van der Waals surface area (Å²) < 4.78 is 9.71. The van der Waals surface area contributed by atoms with Gasteiger partial charge in [-0.25, -0.2) is 0 Å². The first kappa shape index (κ1) is 17.5. The van der Waals surface area contributed by atoms with E-state index in [0.717, 1.165) is 0 Å². The van der Waals surface area contributed by atoms with Gasteiger partial charge in [0, 0.05) is 0 Å². The van der Waals surface area contributed by atoms with Crippen molar-refractivity contribution in [1.29, 1.82) is 0 Å². The van der Waals surface area contributed by atoms with Crippen molar-refractivity contribution in [2.75, 3.05) is 0 Å². The van der Waals surface area contributed by atoms with Crippen molar-refractivity contribution in [2.24, 2.45) is 7.90 Å². The van der Waals surface area contributed by atoms with Gasteiger partial charge in [0.15, 0.2) is 0 Å². The number of hydrogen-bond acceptors (Lipinski definition) is 2. The van der Waals surface area contributed by atoms with Crippen molar-refractivity contribution in [3.63, 3.8) is 0 Å². The molecule has 0 heterocycles. The fraction of sp³-hybridized carbons (Fsp3) is 0.923. The second-order valence-corrected chi connectivity index (χ2v) is 25.0. The molecule has 0 unspecified atom stereocenters. The first-order valence-corrected chi connectivity index (χ1v) is 18.0. The van der Waals surface area contributed by atoms with Crippen molar-refractivity contribution >= 4 is 33.0 Å². The maximum atomic E-state index is 4.86. The molecule has 0 aromatic carbocycles. The topological polar surface area (TPSA) is 24.7 Å². The standard InChI is InChI=1S/C13H30Ge2N2/c1-7-14(8-2,9-3)16-13-17-15(10-4,11-5)12-6/h7-12H2,1-6H3. The summed E-state index contributed by atoms with van der Waals surface area (Å²) in [4.78, 5) is 0. The third-order valence-corrected chi connectivity index (χ3v) is 23.5. The summed E-state index contributed by atoms with van der Waals surface area (Å²) in [5.41, 5.74) is 0. The average Bonchev–Trinajstić information content (AvgIpc) is 2.41. The molecular formula is C13H30Ge2N2. The molecule has 0 aliphatic carbocycles. The van der Waals surface area contributed by atoms with Crippen molar-refractivity contribution in [3.05, 3.63) is 0 Å². The van der Waals surface area contributed by atoms with Gasteiger partial charge in [0.05, 0.1) is 0 Å². The molecule has 0 bridgehead atoms. The van der Waals surface area contributed by atoms with Crippen LogP contribution in [0.15, 0.2) is 7.90 Å². The zero-order valence-electron chi connectivity index (χ0n) is 12.6. The van der Waals surface area contributed by atoms with Crippen LogP contribution < -0.4 is 0 Å². The van der Waals surface area contributed by atoms with Gasteiger partial charge in [0.25, 0.3) is 0 Å². The third-order valence-electron chi connectivity index (χ3n) is 4.52. The second-order valence-electron chi connectivity index (χ2n) is 4.89. The SMILES string of the molecule is C[CH2][Ge]([CH2]C)([CH2]C)[N]=C=[N][Ge]([CH2]C)([CH2]C)[CH2]C. The molecule has 0 N–H and O–H groups in total. The summed E-state index contributed by atoms with van der Waals surface area (Å²) in [5.74, 6) is 0. The molecule has 0 fully saturated rings. The molecule has 0 saturated carbocycles. The van der Waals surface area contributed by atoms with E-state index in [0.29, 0.717) is 0 Å². The number of hydrogen-bond donors (Lipinski definition) is 0. The van der Waals surface area contributed by atoms with Gasteiger partial charge in [-0.2, -0.15) is 0 Å². The van der Waals surface area contributed by atoms with Gasteiger partial charge in [-0.05, 0) is 0 Å². The molecule has 0 rings (SSSR count). The van der Waals surface area contributed by atoms with Gasteiger partial charge in [0.2, 0.25) is 0 Å². The Kier molecular flexibility index (Phi) is 8.78. The van der Waals surface area contributed by atoms with E-state index in [9.17, 15) is 0 Å². The Morgan fingerprint density at radius 1 is 0.588 bits per heavy atom. The van der Waals surface area contributed by atoms with Gasteiger partial charge >= 0.3 is 114 Å². The van der Waals surface area contributed by atoms with E-state index in [1.807, 2.05) is 0 Å². The predicted molar refractivity (Wildman–Crippen MR) is 84.3 cm³/mol. The van der Waals surface area contributed by atoms with E-state index in [-0.39, 0.29) is 0 Å². The molecule has 0 atom stereocenters. The van der Waals surface area contributed by atoms with Gasteiger partial charge in [0.1, 0.15) is 0 Å². The molecule has 0 amide bonds. The van der Waals surface area contributed by atoms with Gasteiger partial charge in [-0.15, -0.1) is 0 Å². The van der Waals surface area contributed by atoms with Crippen LogP contribution in [0.5, 0.6) is 0 Å². The summed E-state index contributed by atoms with van der Waals surface area (Å²) >= 11 is -3.86. The molecule has 0 aliphatic heterocycles. The van der Waals surface area contributed by atoms with E-state index in [2.05, 4.69) is 47.6 Å². The Morgan fingerprint density at radius 2 is 0.824 bits per heavy atom. The molecular weight excluding hydrogens is 329 g/mol. The molecule has 0 aromatic rings. The summed E-state index contributed by atoms with van der Waals surface area (Å²) in [6, 6.07) is 3.19. The average molecular weight is 360 g/mol. The molecule has 0 spiro atoms. The Morgan fingerprint density at radius 3 is 1.00 bits per heavy atom. The first-order chi connectivity index (χ1) is 8.07. The summed E-state index contributed by atoms with van der Waals surface area (Å²) in [6.45, 7) is 13.8. The molecule has 0 aromatic heterocycles. The Hall–Kier alpha value is 0.466. The fourth-order valence-electron chi connectivity index (χ4n) is 2.21. The van der Waals surface area contributed by atoms with Crippen LogP contribution in [0.1, 0.15) is 41.5 Å². The van der Waals surface area contributed by atoms with Crippen LogP contribution in [0.2, 0.25) is 31.5 Å². The Bertz CT molecular complexity index is 222. The third kappa shape index (κ3) is 4.92. The number of rotatable bonds is 8. The normalized spacial score (nSPS) is 12.1. The van der Waals surface area contributed by atoms with Crippen LogP contribution >= 0.6 is 0 Å². The minimum atomic E-state index is -1.93. The van der Waals surface area contributed by atoms with Crippen molar-refractivity contribution < 1.29 is 0 Å². The zero-order chi connectivity index (χ0) is 13.4. The fourth-order valence-corrected chi connectivity index (χ4v) is 12.0. The van der Waals surface area contributed by atoms with Gasteiger partial charge in [-0.3, -0.25) is 0 Å². The molecule has 2 nitrogen and oxygen atoms in total. The van der Waals surface area contributed by atoms with E-state index in [1.165, 1.54) is 31.5 Å². The maximum absolute atomic E-state index is 4.86. The van der Waals surface area contributed by atoms with Crippen molar-refractivity contribution in [1.82, 2.24) is 0 Å². The Labute approximate surface area is 114 Å². The van der Waals surface area contributed by atoms with E-state index in [1.54, 1.807) is 0 Å². The zero-order valence-corrected chi connectivity index (χ0v) is 16.8.